The van der Waals surface area contributed by atoms with E-state index in [1.165, 1.54) is 0 Å². The Morgan fingerprint density at radius 2 is 1.75 bits per heavy atom. The van der Waals surface area contributed by atoms with Crippen molar-refractivity contribution in [2.45, 2.75) is 70.9 Å². The molecule has 0 saturated carbocycles. The molecular weight excluding hydrogens is 254 g/mol. The first-order valence-electron chi connectivity index (χ1n) is 7.88. The lowest BCUT2D eigenvalue weighted by molar-refractivity contribution is -0.0103. The van der Waals surface area contributed by atoms with E-state index in [-0.39, 0.29) is 17.7 Å². The Hall–Kier alpha value is -0.160. The van der Waals surface area contributed by atoms with E-state index >= 15 is 0 Å². The predicted octanol–water partition coefficient (Wildman–Crippen LogP) is 2.74. The van der Waals surface area contributed by atoms with Crippen LogP contribution in [0.1, 0.15) is 59.8 Å². The first-order valence-corrected chi connectivity index (χ1v) is 7.88. The van der Waals surface area contributed by atoms with Gasteiger partial charge in [-0.25, -0.2) is 0 Å². The van der Waals surface area contributed by atoms with Crippen molar-refractivity contribution >= 4 is 0 Å². The van der Waals surface area contributed by atoms with E-state index in [0.717, 1.165) is 51.9 Å². The third-order valence-electron chi connectivity index (χ3n) is 3.82. The summed E-state index contributed by atoms with van der Waals surface area (Å²) in [6, 6.07) is 0. The monoisotopic (exact) mass is 289 g/mol. The lowest BCUT2D eigenvalue weighted by Gasteiger charge is -2.29. The van der Waals surface area contributed by atoms with Crippen LogP contribution in [0.15, 0.2) is 0 Å². The number of hydrogen-bond donors (Lipinski definition) is 2. The van der Waals surface area contributed by atoms with Crippen LogP contribution in [-0.4, -0.2) is 49.7 Å². The first-order chi connectivity index (χ1) is 9.39. The largest absolute Gasteiger partial charge is 0.394 e. The maximum atomic E-state index is 9.46. The van der Waals surface area contributed by atoms with Gasteiger partial charge in [0.25, 0.3) is 0 Å². The first kappa shape index (κ1) is 19.8. The Morgan fingerprint density at radius 3 is 2.30 bits per heavy atom. The normalized spacial score (nSPS) is 15.3. The zero-order valence-corrected chi connectivity index (χ0v) is 14.1. The molecule has 0 saturated heterocycles. The number of aliphatic hydroxyl groups excluding tert-OH is 1. The average molecular weight is 289 g/mol. The quantitative estimate of drug-likeness (QED) is 0.512. The summed E-state index contributed by atoms with van der Waals surface area (Å²) >= 11 is 0. The van der Waals surface area contributed by atoms with Gasteiger partial charge >= 0.3 is 0 Å². The maximum absolute atomic E-state index is 9.46. The second-order valence-electron chi connectivity index (χ2n) is 6.43. The highest BCUT2D eigenvalue weighted by Gasteiger charge is 2.21. The summed E-state index contributed by atoms with van der Waals surface area (Å²) in [6.45, 7) is 11.0. The van der Waals surface area contributed by atoms with Crippen LogP contribution < -0.4 is 5.32 Å². The van der Waals surface area contributed by atoms with Gasteiger partial charge in [-0.05, 0) is 59.4 Å². The van der Waals surface area contributed by atoms with E-state index in [9.17, 15) is 5.11 Å². The van der Waals surface area contributed by atoms with Crippen LogP contribution in [0.4, 0.5) is 0 Å². The highest BCUT2D eigenvalue weighted by Crippen LogP contribution is 2.14. The summed E-state index contributed by atoms with van der Waals surface area (Å²) in [5, 5.41) is 12.9. The van der Waals surface area contributed by atoms with Gasteiger partial charge in [-0.2, -0.15) is 0 Å². The van der Waals surface area contributed by atoms with Gasteiger partial charge in [0.2, 0.25) is 0 Å². The average Bonchev–Trinajstić information content (AvgIpc) is 2.44. The smallest absolute Gasteiger partial charge is 0.0644 e. The summed E-state index contributed by atoms with van der Waals surface area (Å²) in [7, 11) is 1.74. The van der Waals surface area contributed by atoms with E-state index in [4.69, 9.17) is 9.47 Å². The van der Waals surface area contributed by atoms with Crippen molar-refractivity contribution in [2.75, 3.05) is 33.5 Å². The minimum atomic E-state index is -0.145. The van der Waals surface area contributed by atoms with E-state index in [1.54, 1.807) is 7.11 Å². The number of aliphatic hydroxyl groups is 1. The molecule has 20 heavy (non-hydrogen) atoms. The number of nitrogens with one attached hydrogen (secondary N) is 1. The molecule has 4 heteroatoms. The van der Waals surface area contributed by atoms with Crippen molar-refractivity contribution in [3.8, 4) is 0 Å². The molecule has 0 amide bonds. The van der Waals surface area contributed by atoms with Gasteiger partial charge in [0.1, 0.15) is 0 Å². The number of hydrogen-bond acceptors (Lipinski definition) is 4. The zero-order valence-electron chi connectivity index (χ0n) is 14.1. The topological polar surface area (TPSA) is 50.7 Å². The summed E-state index contributed by atoms with van der Waals surface area (Å²) in [5.74, 6) is 0. The van der Waals surface area contributed by atoms with E-state index in [0.29, 0.717) is 0 Å². The van der Waals surface area contributed by atoms with Crippen LogP contribution in [0.3, 0.4) is 0 Å². The van der Waals surface area contributed by atoms with Crippen molar-refractivity contribution in [2.24, 2.45) is 0 Å². The van der Waals surface area contributed by atoms with Crippen LogP contribution in [0.5, 0.6) is 0 Å². The molecule has 2 N–H and O–H groups in total. The fourth-order valence-corrected chi connectivity index (χ4v) is 1.89. The Balaban J connectivity index is 3.60. The molecule has 0 aromatic carbocycles. The van der Waals surface area contributed by atoms with Gasteiger partial charge in [0.15, 0.2) is 0 Å². The van der Waals surface area contributed by atoms with Gasteiger partial charge in [-0.15, -0.1) is 0 Å². The summed E-state index contributed by atoms with van der Waals surface area (Å²) in [6.07, 6.45) is 5.10. The lowest BCUT2D eigenvalue weighted by Crippen LogP contribution is -2.46. The Morgan fingerprint density at radius 1 is 1.05 bits per heavy atom. The fraction of sp³-hybridized carbons (Fsp3) is 1.00. The van der Waals surface area contributed by atoms with Crippen molar-refractivity contribution in [1.29, 1.82) is 0 Å². The summed E-state index contributed by atoms with van der Waals surface area (Å²) in [4.78, 5) is 0. The molecule has 1 atom stereocenters. The second-order valence-corrected chi connectivity index (χ2v) is 6.43. The molecule has 0 fully saturated rings. The molecule has 0 aliphatic heterocycles. The van der Waals surface area contributed by atoms with Crippen molar-refractivity contribution in [1.82, 2.24) is 5.32 Å². The minimum absolute atomic E-state index is 0.0977. The summed E-state index contributed by atoms with van der Waals surface area (Å²) in [5.41, 5.74) is -0.242. The molecule has 0 heterocycles. The minimum Gasteiger partial charge on any atom is -0.394 e. The molecule has 0 bridgehead atoms. The van der Waals surface area contributed by atoms with Gasteiger partial charge in [0, 0.05) is 25.9 Å². The van der Waals surface area contributed by atoms with Gasteiger partial charge < -0.3 is 19.9 Å². The molecule has 0 rings (SSSR count). The van der Waals surface area contributed by atoms with Crippen LogP contribution in [0.2, 0.25) is 0 Å². The number of rotatable bonds is 13. The number of ether oxygens (including phenoxy) is 2. The second kappa shape index (κ2) is 10.6. The molecule has 0 aromatic rings. The molecule has 1 unspecified atom stereocenters. The van der Waals surface area contributed by atoms with Gasteiger partial charge in [0.05, 0.1) is 12.2 Å². The van der Waals surface area contributed by atoms with Crippen LogP contribution >= 0.6 is 0 Å². The Kier molecular flexibility index (Phi) is 10.5. The molecule has 0 aromatic heterocycles. The van der Waals surface area contributed by atoms with Gasteiger partial charge in [-0.1, -0.05) is 6.92 Å². The Labute approximate surface area is 125 Å². The highest BCUT2D eigenvalue weighted by molar-refractivity contribution is 4.81. The standard InChI is InChI=1S/C16H35NO3/c1-6-11-17-16(4,14-18)9-7-8-12-20-13-10-15(2,3)19-5/h17-18H,6-14H2,1-5H3. The molecule has 0 aliphatic carbocycles. The SMILES string of the molecule is CCCNC(C)(CO)CCCCOCCC(C)(C)OC. The highest BCUT2D eigenvalue weighted by atomic mass is 16.5. The van der Waals surface area contributed by atoms with E-state index < -0.39 is 0 Å². The maximum Gasteiger partial charge on any atom is 0.0644 e. The zero-order chi connectivity index (χ0) is 15.5. The lowest BCUT2D eigenvalue weighted by atomic mass is 9.95. The van der Waals surface area contributed by atoms with Crippen LogP contribution in [0, 0.1) is 0 Å². The van der Waals surface area contributed by atoms with Crippen molar-refractivity contribution in [3.63, 3.8) is 0 Å². The molecule has 122 valence electrons. The molecule has 0 spiro atoms. The summed E-state index contributed by atoms with van der Waals surface area (Å²) < 4.78 is 11.0. The third-order valence-corrected chi connectivity index (χ3v) is 3.82. The molecule has 4 nitrogen and oxygen atoms in total. The third kappa shape index (κ3) is 9.70. The molecule has 0 aliphatic rings. The van der Waals surface area contributed by atoms with Gasteiger partial charge in [-0.3, -0.25) is 0 Å². The van der Waals surface area contributed by atoms with E-state index in [2.05, 4.69) is 33.0 Å². The predicted molar refractivity (Wildman–Crippen MR) is 84.2 cm³/mol. The Bertz CT molecular complexity index is 234. The molecule has 0 radical (unpaired) electrons. The van der Waals surface area contributed by atoms with E-state index in [1.807, 2.05) is 0 Å². The van der Waals surface area contributed by atoms with Crippen LogP contribution in [0.25, 0.3) is 0 Å². The number of unbranched alkanes of at least 4 members (excludes halogenated alkanes) is 1. The number of methoxy groups -OCH3 is 1. The van der Waals surface area contributed by atoms with Crippen molar-refractivity contribution < 1.29 is 14.6 Å². The molecular formula is C16H35NO3. The van der Waals surface area contributed by atoms with Crippen molar-refractivity contribution in [3.05, 3.63) is 0 Å². The fourth-order valence-electron chi connectivity index (χ4n) is 1.89. The van der Waals surface area contributed by atoms with Crippen LogP contribution in [-0.2, 0) is 9.47 Å².